The van der Waals surface area contributed by atoms with Gasteiger partial charge in [-0.05, 0) is 56.2 Å². The zero-order chi connectivity index (χ0) is 22.4. The first-order chi connectivity index (χ1) is 14.9. The molecular formula is C24H32FN3O3. The number of halogens is 1. The predicted molar refractivity (Wildman–Crippen MR) is 120 cm³/mol. The van der Waals surface area contributed by atoms with Crippen LogP contribution in [-0.4, -0.2) is 49.9 Å². The second-order valence-corrected chi connectivity index (χ2v) is 8.04. The van der Waals surface area contributed by atoms with Gasteiger partial charge in [0.1, 0.15) is 11.6 Å². The number of hydrogen-bond donors (Lipinski definition) is 1. The van der Waals surface area contributed by atoms with E-state index in [2.05, 4.69) is 5.32 Å². The highest BCUT2D eigenvalue weighted by molar-refractivity contribution is 5.73. The van der Waals surface area contributed by atoms with Gasteiger partial charge in [-0.15, -0.1) is 0 Å². The third kappa shape index (κ3) is 6.34. The SMILES string of the molecule is CCOc1ccc(CN(C)C(=O)NCc2ccc(N3CC(C)OC(C)C3)c(F)c2)cc1. The summed E-state index contributed by atoms with van der Waals surface area (Å²) in [6.07, 6.45) is 0.126. The van der Waals surface area contributed by atoms with E-state index in [1.165, 1.54) is 6.07 Å². The molecule has 2 aromatic carbocycles. The van der Waals surface area contributed by atoms with Crippen LogP contribution in [0.2, 0.25) is 0 Å². The Labute approximate surface area is 183 Å². The minimum Gasteiger partial charge on any atom is -0.494 e. The number of benzene rings is 2. The first kappa shape index (κ1) is 22.9. The molecule has 0 aliphatic carbocycles. The summed E-state index contributed by atoms with van der Waals surface area (Å²) in [7, 11) is 1.73. The minimum absolute atomic E-state index is 0.0630. The summed E-state index contributed by atoms with van der Waals surface area (Å²) in [5.41, 5.74) is 2.30. The highest BCUT2D eigenvalue weighted by Crippen LogP contribution is 2.24. The van der Waals surface area contributed by atoms with Gasteiger partial charge in [0.15, 0.2) is 0 Å². The largest absolute Gasteiger partial charge is 0.494 e. The number of ether oxygens (including phenoxy) is 2. The molecule has 1 heterocycles. The Balaban J connectivity index is 1.53. The van der Waals surface area contributed by atoms with Gasteiger partial charge >= 0.3 is 6.03 Å². The Morgan fingerprint density at radius 2 is 1.81 bits per heavy atom. The van der Waals surface area contributed by atoms with Gasteiger partial charge in [0.25, 0.3) is 0 Å². The number of nitrogens with zero attached hydrogens (tertiary/aromatic N) is 2. The van der Waals surface area contributed by atoms with Gasteiger partial charge in [-0.25, -0.2) is 9.18 Å². The van der Waals surface area contributed by atoms with Crippen molar-refractivity contribution in [3.63, 3.8) is 0 Å². The smallest absolute Gasteiger partial charge is 0.317 e. The molecule has 31 heavy (non-hydrogen) atoms. The van der Waals surface area contributed by atoms with Crippen LogP contribution in [0.4, 0.5) is 14.9 Å². The maximum Gasteiger partial charge on any atom is 0.317 e. The Morgan fingerprint density at radius 3 is 2.42 bits per heavy atom. The van der Waals surface area contributed by atoms with Crippen LogP contribution in [0.15, 0.2) is 42.5 Å². The molecule has 0 saturated carbocycles. The summed E-state index contributed by atoms with van der Waals surface area (Å²) in [6, 6.07) is 12.6. The lowest BCUT2D eigenvalue weighted by Crippen LogP contribution is -2.45. The molecule has 0 bridgehead atoms. The molecule has 3 rings (SSSR count). The van der Waals surface area contributed by atoms with Crippen LogP contribution in [0.1, 0.15) is 31.9 Å². The molecule has 1 N–H and O–H groups in total. The minimum atomic E-state index is -0.282. The maximum atomic E-state index is 14.7. The molecule has 0 spiro atoms. The quantitative estimate of drug-likeness (QED) is 0.718. The van der Waals surface area contributed by atoms with E-state index in [4.69, 9.17) is 9.47 Å². The van der Waals surface area contributed by atoms with Crippen LogP contribution in [0.5, 0.6) is 5.75 Å². The zero-order valence-corrected chi connectivity index (χ0v) is 18.7. The van der Waals surface area contributed by atoms with Crippen molar-refractivity contribution < 1.29 is 18.7 Å². The lowest BCUT2D eigenvalue weighted by atomic mass is 10.1. The van der Waals surface area contributed by atoms with Crippen LogP contribution in [0.3, 0.4) is 0 Å². The molecule has 2 aromatic rings. The fourth-order valence-corrected chi connectivity index (χ4v) is 3.81. The van der Waals surface area contributed by atoms with Crippen molar-refractivity contribution in [2.45, 2.75) is 46.1 Å². The number of carbonyl (C=O) groups is 1. The average Bonchev–Trinajstić information content (AvgIpc) is 2.73. The number of urea groups is 1. The highest BCUT2D eigenvalue weighted by atomic mass is 19.1. The molecule has 1 fully saturated rings. The third-order valence-corrected chi connectivity index (χ3v) is 5.22. The fourth-order valence-electron chi connectivity index (χ4n) is 3.81. The highest BCUT2D eigenvalue weighted by Gasteiger charge is 2.24. The lowest BCUT2D eigenvalue weighted by molar-refractivity contribution is -0.00539. The van der Waals surface area contributed by atoms with E-state index in [0.29, 0.717) is 31.9 Å². The second-order valence-electron chi connectivity index (χ2n) is 8.04. The Bertz CT molecular complexity index is 865. The first-order valence-electron chi connectivity index (χ1n) is 10.7. The standard InChI is InChI=1S/C24H32FN3O3/c1-5-30-21-9-6-19(7-10-21)16-27(4)24(29)26-13-20-8-11-23(22(25)12-20)28-14-17(2)31-18(3)15-28/h6-12,17-18H,5,13-16H2,1-4H3,(H,26,29). The van der Waals surface area contributed by atoms with Crippen LogP contribution >= 0.6 is 0 Å². The van der Waals surface area contributed by atoms with E-state index in [9.17, 15) is 9.18 Å². The molecule has 1 saturated heterocycles. The molecule has 0 radical (unpaired) electrons. The van der Waals surface area contributed by atoms with Crippen LogP contribution in [0.25, 0.3) is 0 Å². The maximum absolute atomic E-state index is 14.7. The zero-order valence-electron chi connectivity index (χ0n) is 18.7. The molecule has 7 heteroatoms. The van der Waals surface area contributed by atoms with E-state index in [1.54, 1.807) is 18.0 Å². The van der Waals surface area contributed by atoms with Crippen molar-refractivity contribution in [2.24, 2.45) is 0 Å². The number of carbonyl (C=O) groups excluding carboxylic acids is 1. The van der Waals surface area contributed by atoms with Gasteiger partial charge in [-0.2, -0.15) is 0 Å². The van der Waals surface area contributed by atoms with Crippen molar-refractivity contribution in [1.82, 2.24) is 10.2 Å². The molecule has 0 aromatic heterocycles. The Hall–Kier alpha value is -2.80. The van der Waals surface area contributed by atoms with Crippen molar-refractivity contribution in [3.05, 3.63) is 59.4 Å². The van der Waals surface area contributed by atoms with Gasteiger partial charge in [-0.3, -0.25) is 0 Å². The average molecular weight is 430 g/mol. The first-order valence-corrected chi connectivity index (χ1v) is 10.7. The summed E-state index contributed by atoms with van der Waals surface area (Å²) >= 11 is 0. The van der Waals surface area contributed by atoms with Crippen LogP contribution < -0.4 is 15.0 Å². The number of nitrogens with one attached hydrogen (secondary N) is 1. The number of anilines is 1. The summed E-state index contributed by atoms with van der Waals surface area (Å²) in [4.78, 5) is 16.0. The Morgan fingerprint density at radius 1 is 1.16 bits per heavy atom. The predicted octanol–water partition coefficient (Wildman–Crippen LogP) is 4.18. The molecule has 2 atom stereocenters. The number of amides is 2. The van der Waals surface area contributed by atoms with Crippen molar-refractivity contribution >= 4 is 11.7 Å². The summed E-state index contributed by atoms with van der Waals surface area (Å²) in [5, 5.41) is 2.85. The molecule has 1 aliphatic heterocycles. The molecule has 2 unspecified atom stereocenters. The van der Waals surface area contributed by atoms with E-state index >= 15 is 0 Å². The lowest BCUT2D eigenvalue weighted by Gasteiger charge is -2.37. The number of rotatable bonds is 7. The molecule has 168 valence electrons. The summed E-state index contributed by atoms with van der Waals surface area (Å²) in [5.74, 6) is 0.528. The topological polar surface area (TPSA) is 54.0 Å². The van der Waals surface area contributed by atoms with Crippen molar-refractivity contribution in [2.75, 3.05) is 31.6 Å². The van der Waals surface area contributed by atoms with Gasteiger partial charge in [-0.1, -0.05) is 18.2 Å². The number of hydrogen-bond acceptors (Lipinski definition) is 4. The van der Waals surface area contributed by atoms with E-state index < -0.39 is 0 Å². The van der Waals surface area contributed by atoms with Crippen molar-refractivity contribution in [1.29, 1.82) is 0 Å². The number of morpholine rings is 1. The summed E-state index contributed by atoms with van der Waals surface area (Å²) < 4.78 is 25.9. The molecule has 2 amide bonds. The van der Waals surface area contributed by atoms with Gasteiger partial charge < -0.3 is 24.6 Å². The van der Waals surface area contributed by atoms with Crippen LogP contribution in [-0.2, 0) is 17.8 Å². The van der Waals surface area contributed by atoms with E-state index in [0.717, 1.165) is 16.9 Å². The third-order valence-electron chi connectivity index (χ3n) is 5.22. The summed E-state index contributed by atoms with van der Waals surface area (Å²) in [6.45, 7) is 8.60. The molecule has 6 nitrogen and oxygen atoms in total. The fraction of sp³-hybridized carbons (Fsp3) is 0.458. The van der Waals surface area contributed by atoms with E-state index in [-0.39, 0.29) is 30.6 Å². The van der Waals surface area contributed by atoms with E-state index in [1.807, 2.05) is 56.0 Å². The second kappa shape index (κ2) is 10.5. The van der Waals surface area contributed by atoms with Gasteiger partial charge in [0.2, 0.25) is 0 Å². The van der Waals surface area contributed by atoms with Crippen LogP contribution in [0, 0.1) is 5.82 Å². The van der Waals surface area contributed by atoms with Gasteiger partial charge in [0, 0.05) is 33.2 Å². The normalized spacial score (nSPS) is 18.5. The monoisotopic (exact) mass is 429 g/mol. The molecular weight excluding hydrogens is 397 g/mol. The molecule has 1 aliphatic rings. The van der Waals surface area contributed by atoms with Crippen molar-refractivity contribution in [3.8, 4) is 5.75 Å². The Kier molecular flexibility index (Phi) is 7.74. The van der Waals surface area contributed by atoms with Gasteiger partial charge in [0.05, 0.1) is 24.5 Å².